The maximum atomic E-state index is 12.6. The summed E-state index contributed by atoms with van der Waals surface area (Å²) in [5.74, 6) is -0.871. The summed E-state index contributed by atoms with van der Waals surface area (Å²) in [6, 6.07) is 13.5. The van der Waals surface area contributed by atoms with Crippen LogP contribution in [0.25, 0.3) is 21.6 Å². The lowest BCUT2D eigenvalue weighted by Crippen LogP contribution is -2.02. The van der Waals surface area contributed by atoms with Crippen molar-refractivity contribution in [3.8, 4) is 33.1 Å². The number of Topliss-reactive ketones (excluding diaryl/α,β-unsaturated/α-hetero) is 1. The molecule has 0 aliphatic heterocycles. The van der Waals surface area contributed by atoms with Gasteiger partial charge in [-0.25, -0.2) is 0 Å². The van der Waals surface area contributed by atoms with Gasteiger partial charge in [-0.15, -0.1) is 11.3 Å². The molecule has 0 radical (unpaired) electrons. The fraction of sp³-hybridized carbons (Fsp3) is 0.143. The Labute approximate surface area is 160 Å². The Bertz CT molecular complexity index is 972. The number of phenols is 2. The predicted molar refractivity (Wildman–Crippen MR) is 104 cm³/mol. The summed E-state index contributed by atoms with van der Waals surface area (Å²) in [5, 5.41) is 30.6. The predicted octanol–water partition coefficient (Wildman–Crippen LogP) is 4.93. The molecule has 0 unspecified atom stereocenters. The van der Waals surface area contributed by atoms with Crippen molar-refractivity contribution in [1.82, 2.24) is 0 Å². The van der Waals surface area contributed by atoms with Gasteiger partial charge in [-0.3, -0.25) is 9.59 Å². The summed E-state index contributed by atoms with van der Waals surface area (Å²) in [7, 11) is 0. The first-order chi connectivity index (χ1) is 13.0. The molecule has 5 nitrogen and oxygen atoms in total. The first-order valence-corrected chi connectivity index (χ1v) is 9.29. The molecule has 6 heteroatoms. The number of hydrogen-bond donors (Lipinski definition) is 3. The second-order valence-corrected chi connectivity index (χ2v) is 7.00. The number of ketones is 1. The van der Waals surface area contributed by atoms with Crippen molar-refractivity contribution in [1.29, 1.82) is 0 Å². The van der Waals surface area contributed by atoms with Crippen molar-refractivity contribution >= 4 is 23.1 Å². The Balaban J connectivity index is 2.01. The van der Waals surface area contributed by atoms with Crippen molar-refractivity contribution in [2.45, 2.75) is 19.3 Å². The molecule has 3 rings (SSSR count). The van der Waals surface area contributed by atoms with E-state index in [9.17, 15) is 19.8 Å². The molecule has 0 atom stereocenters. The Morgan fingerprint density at radius 3 is 2.37 bits per heavy atom. The van der Waals surface area contributed by atoms with Crippen LogP contribution in [-0.4, -0.2) is 27.1 Å². The Morgan fingerprint density at radius 2 is 1.67 bits per heavy atom. The van der Waals surface area contributed by atoms with Crippen molar-refractivity contribution in [3.63, 3.8) is 0 Å². The third-order valence-corrected chi connectivity index (χ3v) is 5.14. The standard InChI is InChI=1S/C21H18O5S/c22-14-9-7-13(8-10-14)15-3-1-5-18(24)20(15)21-16(11-12-27-21)17(23)4-2-6-19(25)26/h1,3,5,7-12,22,24H,2,4,6H2,(H,25,26). The molecule has 27 heavy (non-hydrogen) atoms. The Hall–Kier alpha value is -3.12. The lowest BCUT2D eigenvalue weighted by Gasteiger charge is -2.12. The second kappa shape index (κ2) is 8.05. The minimum atomic E-state index is -0.927. The molecule has 1 heterocycles. The number of aromatic hydroxyl groups is 2. The normalized spacial score (nSPS) is 10.7. The Morgan fingerprint density at radius 1 is 0.926 bits per heavy atom. The van der Waals surface area contributed by atoms with E-state index in [1.807, 2.05) is 6.07 Å². The highest BCUT2D eigenvalue weighted by Gasteiger charge is 2.20. The van der Waals surface area contributed by atoms with Gasteiger partial charge in [0.2, 0.25) is 0 Å². The van der Waals surface area contributed by atoms with Crippen LogP contribution in [0.15, 0.2) is 53.9 Å². The molecule has 1 aromatic heterocycles. The molecule has 0 saturated heterocycles. The third-order valence-electron chi connectivity index (χ3n) is 4.21. The highest BCUT2D eigenvalue weighted by atomic mass is 32.1. The lowest BCUT2D eigenvalue weighted by molar-refractivity contribution is -0.137. The molecule has 3 N–H and O–H groups in total. The fourth-order valence-electron chi connectivity index (χ4n) is 2.92. The van der Waals surface area contributed by atoms with E-state index in [2.05, 4.69) is 0 Å². The summed E-state index contributed by atoms with van der Waals surface area (Å²) >= 11 is 1.35. The number of phenolic OH excluding ortho intramolecular Hbond substituents is 2. The maximum Gasteiger partial charge on any atom is 0.303 e. The van der Waals surface area contributed by atoms with Gasteiger partial charge in [0.15, 0.2) is 5.78 Å². The number of thiophene rings is 1. The van der Waals surface area contributed by atoms with Crippen LogP contribution in [0.4, 0.5) is 0 Å². The van der Waals surface area contributed by atoms with E-state index in [0.717, 1.165) is 11.1 Å². The number of benzene rings is 2. The van der Waals surface area contributed by atoms with Gasteiger partial charge < -0.3 is 15.3 Å². The van der Waals surface area contributed by atoms with Crippen LogP contribution in [-0.2, 0) is 4.79 Å². The molecule has 138 valence electrons. The smallest absolute Gasteiger partial charge is 0.303 e. The molecule has 0 spiro atoms. The lowest BCUT2D eigenvalue weighted by atomic mass is 9.94. The molecule has 0 bridgehead atoms. The number of carboxylic acid groups (broad SMARTS) is 1. The van der Waals surface area contributed by atoms with Gasteiger partial charge in [0, 0.05) is 28.8 Å². The monoisotopic (exact) mass is 382 g/mol. The van der Waals surface area contributed by atoms with E-state index in [0.29, 0.717) is 16.0 Å². The number of aliphatic carboxylic acids is 1. The molecule has 2 aromatic carbocycles. The van der Waals surface area contributed by atoms with Crippen LogP contribution in [0.3, 0.4) is 0 Å². The van der Waals surface area contributed by atoms with Gasteiger partial charge >= 0.3 is 5.97 Å². The SMILES string of the molecule is O=C(O)CCCC(=O)c1ccsc1-c1c(O)cccc1-c1ccc(O)cc1. The van der Waals surface area contributed by atoms with E-state index in [-0.39, 0.29) is 36.5 Å². The quantitative estimate of drug-likeness (QED) is 0.504. The van der Waals surface area contributed by atoms with Crippen LogP contribution in [0.5, 0.6) is 11.5 Å². The zero-order chi connectivity index (χ0) is 19.4. The molecular formula is C21H18O5S. The average Bonchev–Trinajstić information content (AvgIpc) is 3.11. The van der Waals surface area contributed by atoms with Crippen LogP contribution in [0.1, 0.15) is 29.6 Å². The summed E-state index contributed by atoms with van der Waals surface area (Å²) in [6.07, 6.45) is 0.355. The van der Waals surface area contributed by atoms with Gasteiger partial charge in [-0.05, 0) is 47.2 Å². The van der Waals surface area contributed by atoms with Gasteiger partial charge in [-0.2, -0.15) is 0 Å². The minimum absolute atomic E-state index is 0.0550. The van der Waals surface area contributed by atoms with Gasteiger partial charge in [0.05, 0.1) is 0 Å². The summed E-state index contributed by atoms with van der Waals surface area (Å²) in [4.78, 5) is 23.9. The highest BCUT2D eigenvalue weighted by Crippen LogP contribution is 2.43. The summed E-state index contributed by atoms with van der Waals surface area (Å²) in [6.45, 7) is 0. The van der Waals surface area contributed by atoms with Crippen molar-refractivity contribution in [2.24, 2.45) is 0 Å². The van der Waals surface area contributed by atoms with E-state index in [1.165, 1.54) is 11.3 Å². The van der Waals surface area contributed by atoms with Crippen molar-refractivity contribution < 1.29 is 24.9 Å². The summed E-state index contributed by atoms with van der Waals surface area (Å²) in [5.41, 5.74) is 2.58. The third kappa shape index (κ3) is 4.17. The van der Waals surface area contributed by atoms with E-state index in [1.54, 1.807) is 47.8 Å². The van der Waals surface area contributed by atoms with Crippen molar-refractivity contribution in [2.75, 3.05) is 0 Å². The molecule has 0 saturated carbocycles. The second-order valence-electron chi connectivity index (χ2n) is 6.08. The zero-order valence-corrected chi connectivity index (χ0v) is 15.2. The first-order valence-electron chi connectivity index (χ1n) is 8.41. The molecule has 0 aliphatic rings. The highest BCUT2D eigenvalue weighted by molar-refractivity contribution is 7.14. The van der Waals surface area contributed by atoms with E-state index in [4.69, 9.17) is 5.11 Å². The van der Waals surface area contributed by atoms with Crippen LogP contribution < -0.4 is 0 Å². The number of rotatable bonds is 7. The topological polar surface area (TPSA) is 94.8 Å². The Kier molecular flexibility index (Phi) is 5.57. The number of carbonyl (C=O) groups is 2. The number of carbonyl (C=O) groups excluding carboxylic acids is 1. The minimum Gasteiger partial charge on any atom is -0.508 e. The molecular weight excluding hydrogens is 364 g/mol. The largest absolute Gasteiger partial charge is 0.508 e. The molecule has 0 amide bonds. The maximum absolute atomic E-state index is 12.6. The average molecular weight is 382 g/mol. The van der Waals surface area contributed by atoms with Crippen LogP contribution >= 0.6 is 11.3 Å². The molecule has 3 aromatic rings. The van der Waals surface area contributed by atoms with Gasteiger partial charge in [0.1, 0.15) is 11.5 Å². The van der Waals surface area contributed by atoms with Crippen molar-refractivity contribution in [3.05, 3.63) is 59.5 Å². The van der Waals surface area contributed by atoms with Gasteiger partial charge in [-0.1, -0.05) is 24.3 Å². The van der Waals surface area contributed by atoms with Crippen LogP contribution in [0.2, 0.25) is 0 Å². The fourth-order valence-corrected chi connectivity index (χ4v) is 3.90. The van der Waals surface area contributed by atoms with E-state index < -0.39 is 5.97 Å². The summed E-state index contributed by atoms with van der Waals surface area (Å²) < 4.78 is 0. The van der Waals surface area contributed by atoms with Crippen LogP contribution in [0, 0.1) is 0 Å². The number of hydrogen-bond acceptors (Lipinski definition) is 5. The van der Waals surface area contributed by atoms with E-state index >= 15 is 0 Å². The van der Waals surface area contributed by atoms with Gasteiger partial charge in [0.25, 0.3) is 0 Å². The first kappa shape index (κ1) is 18.7. The molecule has 0 fully saturated rings. The molecule has 0 aliphatic carbocycles. The number of carboxylic acids is 1. The zero-order valence-electron chi connectivity index (χ0n) is 14.4.